The summed E-state index contributed by atoms with van der Waals surface area (Å²) in [5, 5.41) is 9.43. The molecule has 4 nitrogen and oxygen atoms in total. The van der Waals surface area contributed by atoms with E-state index in [1.165, 1.54) is 0 Å². The molecule has 1 N–H and O–H groups in total. The van der Waals surface area contributed by atoms with Gasteiger partial charge in [0.2, 0.25) is 0 Å². The molecule has 1 atom stereocenters. The molecule has 0 radical (unpaired) electrons. The summed E-state index contributed by atoms with van der Waals surface area (Å²) < 4.78 is 10.0. The fourth-order valence-electron chi connectivity index (χ4n) is 1.52. The number of hydrogen-bond donors (Lipinski definition) is 1. The molecule has 1 rings (SSSR count). The molecular formula is C13H18O4. The van der Waals surface area contributed by atoms with Gasteiger partial charge in [-0.1, -0.05) is 12.1 Å². The highest BCUT2D eigenvalue weighted by Gasteiger charge is 2.36. The summed E-state index contributed by atoms with van der Waals surface area (Å²) in [6.45, 7) is 3.40. The first-order valence-electron chi connectivity index (χ1n) is 5.51. The first kappa shape index (κ1) is 13.5. The molecule has 17 heavy (non-hydrogen) atoms. The lowest BCUT2D eigenvalue weighted by molar-refractivity contribution is -0.151. The number of aliphatic hydroxyl groups excluding tert-OH is 1. The average Bonchev–Trinajstić information content (AvgIpc) is 2.38. The lowest BCUT2D eigenvalue weighted by atomic mass is 9.83. The quantitative estimate of drug-likeness (QED) is 0.790. The van der Waals surface area contributed by atoms with Crippen LogP contribution in [-0.4, -0.2) is 31.4 Å². The van der Waals surface area contributed by atoms with Crippen LogP contribution in [0.25, 0.3) is 0 Å². The Bertz CT molecular complexity index is 372. The molecule has 0 unspecified atom stereocenters. The van der Waals surface area contributed by atoms with Gasteiger partial charge in [0.05, 0.1) is 20.3 Å². The maximum Gasteiger partial charge on any atom is 0.318 e. The Morgan fingerprint density at radius 2 is 1.94 bits per heavy atom. The Labute approximate surface area is 101 Å². The number of benzene rings is 1. The van der Waals surface area contributed by atoms with Crippen molar-refractivity contribution in [2.45, 2.75) is 19.3 Å². The van der Waals surface area contributed by atoms with Gasteiger partial charge in [0, 0.05) is 0 Å². The zero-order valence-electron chi connectivity index (χ0n) is 10.4. The van der Waals surface area contributed by atoms with Crippen LogP contribution in [0, 0.1) is 0 Å². The number of esters is 1. The van der Waals surface area contributed by atoms with Crippen molar-refractivity contribution in [1.82, 2.24) is 0 Å². The molecule has 0 saturated heterocycles. The van der Waals surface area contributed by atoms with Crippen LogP contribution in [0.15, 0.2) is 24.3 Å². The highest BCUT2D eigenvalue weighted by molar-refractivity contribution is 5.83. The van der Waals surface area contributed by atoms with Crippen LogP contribution < -0.4 is 4.74 Å². The molecule has 0 bridgehead atoms. The van der Waals surface area contributed by atoms with E-state index in [0.29, 0.717) is 17.9 Å². The molecule has 4 heteroatoms. The molecule has 0 aliphatic rings. The minimum absolute atomic E-state index is 0.293. The number of carbonyl (C=O) groups is 1. The normalized spacial score (nSPS) is 13.9. The van der Waals surface area contributed by atoms with Crippen molar-refractivity contribution in [3.63, 3.8) is 0 Å². The van der Waals surface area contributed by atoms with E-state index in [0.717, 1.165) is 0 Å². The molecule has 0 saturated carbocycles. The molecule has 0 aliphatic heterocycles. The Balaban J connectivity index is 3.02. The zero-order chi connectivity index (χ0) is 12.9. The van der Waals surface area contributed by atoms with Crippen molar-refractivity contribution < 1.29 is 19.4 Å². The highest BCUT2D eigenvalue weighted by atomic mass is 16.5. The number of carbonyl (C=O) groups excluding carboxylic acids is 1. The monoisotopic (exact) mass is 238 g/mol. The van der Waals surface area contributed by atoms with Gasteiger partial charge in [0.25, 0.3) is 0 Å². The van der Waals surface area contributed by atoms with Gasteiger partial charge in [-0.3, -0.25) is 4.79 Å². The van der Waals surface area contributed by atoms with E-state index in [4.69, 9.17) is 9.47 Å². The summed E-state index contributed by atoms with van der Waals surface area (Å²) in [5.41, 5.74) is -0.318. The molecule has 0 aromatic heterocycles. The average molecular weight is 238 g/mol. The van der Waals surface area contributed by atoms with E-state index in [2.05, 4.69) is 0 Å². The van der Waals surface area contributed by atoms with Crippen molar-refractivity contribution in [2.75, 3.05) is 20.3 Å². The zero-order valence-corrected chi connectivity index (χ0v) is 10.4. The van der Waals surface area contributed by atoms with Crippen LogP contribution in [0.3, 0.4) is 0 Å². The summed E-state index contributed by atoms with van der Waals surface area (Å²) in [4.78, 5) is 11.8. The van der Waals surface area contributed by atoms with Gasteiger partial charge in [-0.05, 0) is 31.5 Å². The van der Waals surface area contributed by atoms with Crippen molar-refractivity contribution >= 4 is 5.97 Å². The van der Waals surface area contributed by atoms with Crippen molar-refractivity contribution in [3.05, 3.63) is 29.8 Å². The summed E-state index contributed by atoms with van der Waals surface area (Å²) in [6, 6.07) is 7.02. The second kappa shape index (κ2) is 5.68. The predicted molar refractivity (Wildman–Crippen MR) is 64.1 cm³/mol. The molecular weight excluding hydrogens is 220 g/mol. The number of ether oxygens (including phenoxy) is 2. The minimum Gasteiger partial charge on any atom is -0.497 e. The van der Waals surface area contributed by atoms with Crippen LogP contribution in [0.4, 0.5) is 0 Å². The van der Waals surface area contributed by atoms with Gasteiger partial charge in [-0.15, -0.1) is 0 Å². The molecule has 0 aliphatic carbocycles. The van der Waals surface area contributed by atoms with Crippen LogP contribution in [0.1, 0.15) is 19.4 Å². The molecule has 1 aromatic carbocycles. The molecule has 1 aromatic rings. The fourth-order valence-corrected chi connectivity index (χ4v) is 1.52. The van der Waals surface area contributed by atoms with Crippen molar-refractivity contribution in [1.29, 1.82) is 0 Å². The standard InChI is InChI=1S/C13H18O4/c1-4-17-12(15)13(2,9-14)10-5-7-11(16-3)8-6-10/h5-8,14H,4,9H2,1-3H3/t13-/m1/s1. The summed E-state index contributed by atoms with van der Waals surface area (Å²) in [5.74, 6) is 0.283. The third-order valence-electron chi connectivity index (χ3n) is 2.77. The predicted octanol–water partition coefficient (Wildman–Crippen LogP) is 1.51. The second-order valence-corrected chi connectivity index (χ2v) is 3.94. The van der Waals surface area contributed by atoms with E-state index >= 15 is 0 Å². The van der Waals surface area contributed by atoms with Crippen LogP contribution >= 0.6 is 0 Å². The topological polar surface area (TPSA) is 55.8 Å². The SMILES string of the molecule is CCOC(=O)[C@](C)(CO)c1ccc(OC)cc1. The lowest BCUT2D eigenvalue weighted by Crippen LogP contribution is -2.38. The largest absolute Gasteiger partial charge is 0.497 e. The van der Waals surface area contributed by atoms with Crippen LogP contribution in [-0.2, 0) is 14.9 Å². The fraction of sp³-hybridized carbons (Fsp3) is 0.462. The maximum absolute atomic E-state index is 11.8. The third-order valence-corrected chi connectivity index (χ3v) is 2.77. The van der Waals surface area contributed by atoms with E-state index in [1.807, 2.05) is 0 Å². The first-order chi connectivity index (χ1) is 8.08. The minimum atomic E-state index is -1.03. The van der Waals surface area contributed by atoms with E-state index in [-0.39, 0.29) is 6.61 Å². The molecule has 94 valence electrons. The third kappa shape index (κ3) is 2.77. The summed E-state index contributed by atoms with van der Waals surface area (Å²) >= 11 is 0. The van der Waals surface area contributed by atoms with E-state index in [1.54, 1.807) is 45.2 Å². The summed E-state index contributed by atoms with van der Waals surface area (Å²) in [7, 11) is 1.57. The lowest BCUT2D eigenvalue weighted by Gasteiger charge is -2.25. The van der Waals surface area contributed by atoms with E-state index < -0.39 is 11.4 Å². The number of methoxy groups -OCH3 is 1. The molecule has 0 heterocycles. The molecule has 0 fully saturated rings. The molecule has 0 spiro atoms. The Hall–Kier alpha value is -1.55. The number of hydrogen-bond acceptors (Lipinski definition) is 4. The van der Waals surface area contributed by atoms with Crippen LogP contribution in [0.5, 0.6) is 5.75 Å². The van der Waals surface area contributed by atoms with Gasteiger partial charge in [0.15, 0.2) is 0 Å². The molecule has 0 amide bonds. The Morgan fingerprint density at radius 3 is 2.35 bits per heavy atom. The van der Waals surface area contributed by atoms with Gasteiger partial charge >= 0.3 is 5.97 Å². The highest BCUT2D eigenvalue weighted by Crippen LogP contribution is 2.26. The Morgan fingerprint density at radius 1 is 1.35 bits per heavy atom. The van der Waals surface area contributed by atoms with Crippen LogP contribution in [0.2, 0.25) is 0 Å². The Kier molecular flexibility index (Phi) is 4.52. The van der Waals surface area contributed by atoms with Gasteiger partial charge < -0.3 is 14.6 Å². The summed E-state index contributed by atoms with van der Waals surface area (Å²) in [6.07, 6.45) is 0. The van der Waals surface area contributed by atoms with Gasteiger partial charge in [0.1, 0.15) is 11.2 Å². The second-order valence-electron chi connectivity index (χ2n) is 3.94. The maximum atomic E-state index is 11.8. The van der Waals surface area contributed by atoms with E-state index in [9.17, 15) is 9.90 Å². The first-order valence-corrected chi connectivity index (χ1v) is 5.51. The van der Waals surface area contributed by atoms with Crippen molar-refractivity contribution in [3.8, 4) is 5.75 Å². The smallest absolute Gasteiger partial charge is 0.318 e. The van der Waals surface area contributed by atoms with Gasteiger partial charge in [-0.2, -0.15) is 0 Å². The van der Waals surface area contributed by atoms with Crippen molar-refractivity contribution in [2.24, 2.45) is 0 Å². The number of rotatable bonds is 5. The number of aliphatic hydroxyl groups is 1. The van der Waals surface area contributed by atoms with Gasteiger partial charge in [-0.25, -0.2) is 0 Å².